The quantitative estimate of drug-likeness (QED) is 0.542. The summed E-state index contributed by atoms with van der Waals surface area (Å²) in [6, 6.07) is 1.92. The van der Waals surface area contributed by atoms with Crippen LogP contribution in [0.25, 0.3) is 0 Å². The molecule has 3 heteroatoms. The van der Waals surface area contributed by atoms with Gasteiger partial charge in [0.25, 0.3) is 0 Å². The van der Waals surface area contributed by atoms with Crippen molar-refractivity contribution in [1.29, 1.82) is 0 Å². The van der Waals surface area contributed by atoms with E-state index < -0.39 is 0 Å². The Bertz CT molecular complexity index is 113. The molecule has 0 aliphatic heterocycles. The van der Waals surface area contributed by atoms with Crippen molar-refractivity contribution in [3.05, 3.63) is 18.0 Å². The molecule has 0 spiro atoms. The summed E-state index contributed by atoms with van der Waals surface area (Å²) in [4.78, 5) is 0. The Morgan fingerprint density at radius 2 is 2.43 bits per heavy atom. The van der Waals surface area contributed by atoms with Gasteiger partial charge in [-0.1, -0.05) is 0 Å². The van der Waals surface area contributed by atoms with Crippen molar-refractivity contribution < 1.29 is 0 Å². The standard InChI is InChI=1S/C4H6N2.S/c1-4-2-3-5-6-4;/h2-3H,1H3,(H,5,6);. The fourth-order valence-corrected chi connectivity index (χ4v) is 0.334. The van der Waals surface area contributed by atoms with E-state index in [-0.39, 0.29) is 13.5 Å². The molecule has 0 saturated heterocycles. The van der Waals surface area contributed by atoms with Crippen molar-refractivity contribution in [3.63, 3.8) is 0 Å². The van der Waals surface area contributed by atoms with Crippen LogP contribution >= 0.6 is 13.5 Å². The maximum atomic E-state index is 3.79. The van der Waals surface area contributed by atoms with Crippen LogP contribution in [0.4, 0.5) is 0 Å². The highest BCUT2D eigenvalue weighted by Crippen LogP contribution is 1.82. The van der Waals surface area contributed by atoms with Crippen LogP contribution in [-0.4, -0.2) is 10.2 Å². The molecule has 0 unspecified atom stereocenters. The molecule has 0 saturated carbocycles. The number of aromatic amines is 1. The van der Waals surface area contributed by atoms with Gasteiger partial charge in [-0.15, -0.1) is 0 Å². The second kappa shape index (κ2) is 2.69. The van der Waals surface area contributed by atoms with Crippen molar-refractivity contribution in [2.75, 3.05) is 0 Å². The Kier molecular flexibility index (Phi) is 2.52. The second-order valence-electron chi connectivity index (χ2n) is 1.22. The predicted octanol–water partition coefficient (Wildman–Crippen LogP) is 1.37. The second-order valence-corrected chi connectivity index (χ2v) is 1.22. The maximum Gasteiger partial charge on any atom is 0.0591 e. The molecular formula is C4H6N2S. The summed E-state index contributed by atoms with van der Waals surface area (Å²) in [5, 5.41) is 6.47. The van der Waals surface area contributed by atoms with E-state index in [0.29, 0.717) is 0 Å². The number of H-pyrrole nitrogens is 1. The Hall–Kier alpha value is -0.440. The molecule has 1 aromatic heterocycles. The third-order valence-corrected chi connectivity index (χ3v) is 0.640. The van der Waals surface area contributed by atoms with Crippen LogP contribution in [0.3, 0.4) is 0 Å². The van der Waals surface area contributed by atoms with Crippen LogP contribution in [0.2, 0.25) is 0 Å². The third-order valence-electron chi connectivity index (χ3n) is 0.640. The van der Waals surface area contributed by atoms with Crippen LogP contribution in [0.1, 0.15) is 5.69 Å². The molecule has 1 rings (SSSR count). The van der Waals surface area contributed by atoms with E-state index in [2.05, 4.69) is 10.2 Å². The van der Waals surface area contributed by atoms with Gasteiger partial charge in [-0.25, -0.2) is 0 Å². The first kappa shape index (κ1) is 6.56. The van der Waals surface area contributed by atoms with Crippen LogP contribution in [-0.2, 0) is 0 Å². The van der Waals surface area contributed by atoms with Gasteiger partial charge in [-0.05, 0) is 13.0 Å². The lowest BCUT2D eigenvalue weighted by molar-refractivity contribution is 1.05. The number of aryl methyl sites for hydroxylation is 1. The van der Waals surface area contributed by atoms with E-state index in [4.69, 9.17) is 0 Å². The Labute approximate surface area is 49.4 Å². The molecule has 0 aromatic carbocycles. The average Bonchev–Trinajstić information content (AvgIpc) is 1.86. The SMILES string of the molecule is Cc1cc[nH]n1.[S]. The third kappa shape index (κ3) is 1.64. The zero-order valence-corrected chi connectivity index (χ0v) is 4.83. The molecule has 0 atom stereocenters. The molecule has 38 valence electrons. The maximum absolute atomic E-state index is 3.79. The molecule has 1 N–H and O–H groups in total. The van der Waals surface area contributed by atoms with E-state index >= 15 is 0 Å². The lowest BCUT2D eigenvalue weighted by atomic mass is 10.5. The minimum atomic E-state index is 0. The molecule has 1 heterocycles. The molecule has 0 bridgehead atoms. The first-order valence-electron chi connectivity index (χ1n) is 1.86. The number of hydrogen-bond acceptors (Lipinski definition) is 1. The molecule has 1 aromatic rings. The Morgan fingerprint density at radius 1 is 1.71 bits per heavy atom. The van der Waals surface area contributed by atoms with Crippen molar-refractivity contribution in [1.82, 2.24) is 10.2 Å². The molecule has 0 fully saturated rings. The number of nitrogens with zero attached hydrogens (tertiary/aromatic N) is 1. The first-order chi connectivity index (χ1) is 2.89. The van der Waals surface area contributed by atoms with E-state index in [1.54, 1.807) is 6.20 Å². The summed E-state index contributed by atoms with van der Waals surface area (Å²) in [7, 11) is 0. The minimum absolute atomic E-state index is 0. The summed E-state index contributed by atoms with van der Waals surface area (Å²) in [5.74, 6) is 0. The minimum Gasteiger partial charge on any atom is -0.285 e. The van der Waals surface area contributed by atoms with Gasteiger partial charge in [0, 0.05) is 19.7 Å². The fourth-order valence-electron chi connectivity index (χ4n) is 0.334. The van der Waals surface area contributed by atoms with Gasteiger partial charge in [-0.2, -0.15) is 5.10 Å². The van der Waals surface area contributed by atoms with E-state index in [1.165, 1.54) is 0 Å². The molecule has 0 aliphatic rings. The van der Waals surface area contributed by atoms with Gasteiger partial charge in [0.15, 0.2) is 0 Å². The topological polar surface area (TPSA) is 28.7 Å². The van der Waals surface area contributed by atoms with Crippen LogP contribution in [0.15, 0.2) is 12.3 Å². The molecule has 0 aliphatic carbocycles. The largest absolute Gasteiger partial charge is 0.285 e. The highest BCUT2D eigenvalue weighted by atomic mass is 32.1. The van der Waals surface area contributed by atoms with Gasteiger partial charge in [0.05, 0.1) is 5.69 Å². The monoisotopic (exact) mass is 114 g/mol. The molecular weight excluding hydrogens is 108 g/mol. The zero-order valence-electron chi connectivity index (χ0n) is 4.01. The van der Waals surface area contributed by atoms with Gasteiger partial charge < -0.3 is 0 Å². The number of rotatable bonds is 0. The lowest BCUT2D eigenvalue weighted by Crippen LogP contribution is -1.65. The molecule has 2 nitrogen and oxygen atoms in total. The summed E-state index contributed by atoms with van der Waals surface area (Å²) in [6.45, 7) is 1.94. The van der Waals surface area contributed by atoms with Gasteiger partial charge in [0.2, 0.25) is 0 Å². The van der Waals surface area contributed by atoms with Crippen molar-refractivity contribution in [3.8, 4) is 0 Å². The van der Waals surface area contributed by atoms with Crippen LogP contribution in [0.5, 0.6) is 0 Å². The summed E-state index contributed by atoms with van der Waals surface area (Å²) in [5.41, 5.74) is 1.04. The first-order valence-corrected chi connectivity index (χ1v) is 1.86. The normalized spacial score (nSPS) is 7.57. The molecule has 2 radical (unpaired) electrons. The smallest absolute Gasteiger partial charge is 0.0591 e. The molecule has 0 amide bonds. The highest BCUT2D eigenvalue weighted by molar-refractivity contribution is 7.59. The van der Waals surface area contributed by atoms with Gasteiger partial charge in [-0.3, -0.25) is 5.10 Å². The van der Waals surface area contributed by atoms with E-state index in [9.17, 15) is 0 Å². The van der Waals surface area contributed by atoms with Crippen molar-refractivity contribution in [2.24, 2.45) is 0 Å². The Balaban J connectivity index is 0.000000360. The highest BCUT2D eigenvalue weighted by Gasteiger charge is 1.74. The lowest BCUT2D eigenvalue weighted by Gasteiger charge is -1.65. The predicted molar refractivity (Wildman–Crippen MR) is 30.9 cm³/mol. The zero-order chi connectivity index (χ0) is 4.41. The number of aromatic nitrogens is 2. The molecule has 7 heavy (non-hydrogen) atoms. The van der Waals surface area contributed by atoms with Gasteiger partial charge in [0.1, 0.15) is 0 Å². The number of hydrogen-bond donors (Lipinski definition) is 1. The van der Waals surface area contributed by atoms with Crippen molar-refractivity contribution in [2.45, 2.75) is 6.92 Å². The van der Waals surface area contributed by atoms with Gasteiger partial charge >= 0.3 is 0 Å². The fraction of sp³-hybridized carbons (Fsp3) is 0.250. The van der Waals surface area contributed by atoms with E-state index in [1.807, 2.05) is 13.0 Å². The average molecular weight is 114 g/mol. The van der Waals surface area contributed by atoms with E-state index in [0.717, 1.165) is 5.69 Å². The summed E-state index contributed by atoms with van der Waals surface area (Å²) < 4.78 is 0. The Morgan fingerprint density at radius 3 is 2.57 bits per heavy atom. The van der Waals surface area contributed by atoms with Crippen LogP contribution in [0, 0.1) is 6.92 Å². The van der Waals surface area contributed by atoms with Crippen LogP contribution < -0.4 is 0 Å². The summed E-state index contributed by atoms with van der Waals surface area (Å²) >= 11 is 0. The number of nitrogens with one attached hydrogen (secondary N) is 1. The van der Waals surface area contributed by atoms with Crippen molar-refractivity contribution >= 4 is 13.5 Å². The summed E-state index contributed by atoms with van der Waals surface area (Å²) in [6.07, 6.45) is 1.80.